The Morgan fingerprint density at radius 2 is 1.86 bits per heavy atom. The minimum absolute atomic E-state index is 0.0403. The maximum atomic E-state index is 13.1. The van der Waals surface area contributed by atoms with Crippen LogP contribution in [0.3, 0.4) is 0 Å². The van der Waals surface area contributed by atoms with Crippen LogP contribution in [0.2, 0.25) is 0 Å². The van der Waals surface area contributed by atoms with Gasteiger partial charge in [0.15, 0.2) is 0 Å². The summed E-state index contributed by atoms with van der Waals surface area (Å²) in [6.07, 6.45) is -1.26. The molecule has 0 spiro atoms. The van der Waals surface area contributed by atoms with E-state index < -0.39 is 29.1 Å². The summed E-state index contributed by atoms with van der Waals surface area (Å²) in [5, 5.41) is 20.8. The first-order valence-electron chi connectivity index (χ1n) is 4.06. The zero-order valence-corrected chi connectivity index (χ0v) is 7.59. The lowest BCUT2D eigenvalue weighted by Crippen LogP contribution is -2.18. The van der Waals surface area contributed by atoms with Crippen LogP contribution in [-0.2, 0) is 0 Å². The number of aliphatic hydroxyl groups excluding tert-OH is 1. The van der Waals surface area contributed by atoms with Crippen LogP contribution < -0.4 is 5.32 Å². The van der Waals surface area contributed by atoms with E-state index in [1.807, 2.05) is 0 Å². The highest BCUT2D eigenvalue weighted by Crippen LogP contribution is 2.24. The molecule has 3 nitrogen and oxygen atoms in total. The topological polar surface area (TPSA) is 52.5 Å². The second-order valence-corrected chi connectivity index (χ2v) is 2.90. The zero-order chi connectivity index (χ0) is 10.7. The number of benzene rings is 1. The Morgan fingerprint density at radius 3 is 2.29 bits per heavy atom. The van der Waals surface area contributed by atoms with E-state index in [4.69, 9.17) is 5.11 Å². The fourth-order valence-corrected chi connectivity index (χ4v) is 1.18. The zero-order valence-electron chi connectivity index (χ0n) is 7.59. The SMILES string of the molecule is CNCC(O)c1c(F)cc(O)cc1F. The van der Waals surface area contributed by atoms with Gasteiger partial charge in [0.1, 0.15) is 17.4 Å². The standard InChI is InChI=1S/C9H11F2NO2/c1-12-4-8(14)9-6(10)2-5(13)3-7(9)11/h2-3,8,12-14H,4H2,1H3. The Bertz CT molecular complexity index is 308. The van der Waals surface area contributed by atoms with Crippen LogP contribution in [0.4, 0.5) is 8.78 Å². The maximum Gasteiger partial charge on any atom is 0.135 e. The molecule has 1 atom stereocenters. The van der Waals surface area contributed by atoms with Gasteiger partial charge in [-0.1, -0.05) is 0 Å². The molecule has 0 aliphatic rings. The van der Waals surface area contributed by atoms with Crippen LogP contribution in [0.25, 0.3) is 0 Å². The van der Waals surface area contributed by atoms with Crippen LogP contribution >= 0.6 is 0 Å². The molecule has 0 aliphatic carbocycles. The lowest BCUT2D eigenvalue weighted by molar-refractivity contribution is 0.167. The predicted octanol–water partition coefficient (Wildman–Crippen LogP) is 0.923. The van der Waals surface area contributed by atoms with E-state index in [2.05, 4.69) is 5.32 Å². The summed E-state index contributed by atoms with van der Waals surface area (Å²) >= 11 is 0. The molecule has 1 aromatic carbocycles. The van der Waals surface area contributed by atoms with Crippen LogP contribution in [0.15, 0.2) is 12.1 Å². The summed E-state index contributed by atoms with van der Waals surface area (Å²) in [6.45, 7) is 0.0403. The number of phenols is 1. The molecule has 14 heavy (non-hydrogen) atoms. The molecular weight excluding hydrogens is 192 g/mol. The summed E-state index contributed by atoms with van der Waals surface area (Å²) < 4.78 is 26.2. The number of aromatic hydroxyl groups is 1. The second kappa shape index (κ2) is 4.34. The molecule has 0 fully saturated rings. The molecule has 0 radical (unpaired) electrons. The molecule has 0 saturated carbocycles. The Hall–Kier alpha value is -1.20. The Kier molecular flexibility index (Phi) is 3.38. The van der Waals surface area contributed by atoms with Crippen molar-refractivity contribution in [3.8, 4) is 5.75 Å². The highest BCUT2D eigenvalue weighted by molar-refractivity contribution is 5.30. The van der Waals surface area contributed by atoms with Crippen molar-refractivity contribution in [3.63, 3.8) is 0 Å². The fourth-order valence-electron chi connectivity index (χ4n) is 1.18. The van der Waals surface area contributed by atoms with E-state index in [-0.39, 0.29) is 6.54 Å². The average Bonchev–Trinajstić information content (AvgIpc) is 2.01. The normalized spacial score (nSPS) is 12.9. The van der Waals surface area contributed by atoms with Crippen LogP contribution in [-0.4, -0.2) is 23.8 Å². The highest BCUT2D eigenvalue weighted by atomic mass is 19.1. The molecular formula is C9H11F2NO2. The Balaban J connectivity index is 3.07. The monoisotopic (exact) mass is 203 g/mol. The minimum atomic E-state index is -1.26. The molecule has 78 valence electrons. The third-order valence-electron chi connectivity index (χ3n) is 1.79. The average molecular weight is 203 g/mol. The predicted molar refractivity (Wildman–Crippen MR) is 46.9 cm³/mol. The number of likely N-dealkylation sites (N-methyl/N-ethyl adjacent to an activating group) is 1. The van der Waals surface area contributed by atoms with Crippen molar-refractivity contribution >= 4 is 0 Å². The second-order valence-electron chi connectivity index (χ2n) is 2.90. The van der Waals surface area contributed by atoms with Gasteiger partial charge in [-0.3, -0.25) is 0 Å². The molecule has 0 aliphatic heterocycles. The van der Waals surface area contributed by atoms with Gasteiger partial charge in [-0.15, -0.1) is 0 Å². The molecule has 0 bridgehead atoms. The van der Waals surface area contributed by atoms with E-state index >= 15 is 0 Å². The van der Waals surface area contributed by atoms with Gasteiger partial charge in [-0.2, -0.15) is 0 Å². The molecule has 0 heterocycles. The van der Waals surface area contributed by atoms with Crippen molar-refractivity contribution in [1.29, 1.82) is 0 Å². The first-order chi connectivity index (χ1) is 6.56. The molecule has 1 aromatic rings. The molecule has 3 N–H and O–H groups in total. The number of hydrogen-bond acceptors (Lipinski definition) is 3. The van der Waals surface area contributed by atoms with Crippen LogP contribution in [0.1, 0.15) is 11.7 Å². The minimum Gasteiger partial charge on any atom is -0.508 e. The van der Waals surface area contributed by atoms with Crippen molar-refractivity contribution in [2.75, 3.05) is 13.6 Å². The van der Waals surface area contributed by atoms with Gasteiger partial charge in [0.2, 0.25) is 0 Å². The lowest BCUT2D eigenvalue weighted by atomic mass is 10.1. The summed E-state index contributed by atoms with van der Waals surface area (Å²) in [6, 6.07) is 1.52. The molecule has 0 aromatic heterocycles. The van der Waals surface area contributed by atoms with Gasteiger partial charge in [0.25, 0.3) is 0 Å². The van der Waals surface area contributed by atoms with Gasteiger partial charge in [0, 0.05) is 18.7 Å². The first kappa shape index (κ1) is 10.9. The molecule has 0 saturated heterocycles. The Labute approximate surface area is 80.0 Å². The third-order valence-corrected chi connectivity index (χ3v) is 1.79. The smallest absolute Gasteiger partial charge is 0.135 e. The van der Waals surface area contributed by atoms with Crippen molar-refractivity contribution < 1.29 is 19.0 Å². The number of aliphatic hydroxyl groups is 1. The van der Waals surface area contributed by atoms with Gasteiger partial charge < -0.3 is 15.5 Å². The highest BCUT2D eigenvalue weighted by Gasteiger charge is 2.18. The van der Waals surface area contributed by atoms with Crippen LogP contribution in [0, 0.1) is 11.6 Å². The lowest BCUT2D eigenvalue weighted by Gasteiger charge is -2.12. The number of phenolic OH excluding ortho intramolecular Hbond substituents is 1. The number of halogens is 2. The number of nitrogens with one attached hydrogen (secondary N) is 1. The summed E-state index contributed by atoms with van der Waals surface area (Å²) in [4.78, 5) is 0. The van der Waals surface area contributed by atoms with Crippen LogP contribution in [0.5, 0.6) is 5.75 Å². The van der Waals surface area contributed by atoms with Gasteiger partial charge in [0.05, 0.1) is 11.7 Å². The van der Waals surface area contributed by atoms with Crippen molar-refractivity contribution in [3.05, 3.63) is 29.3 Å². The number of rotatable bonds is 3. The third kappa shape index (κ3) is 2.18. The molecule has 5 heteroatoms. The van der Waals surface area contributed by atoms with Gasteiger partial charge in [-0.05, 0) is 7.05 Å². The van der Waals surface area contributed by atoms with E-state index in [0.717, 1.165) is 12.1 Å². The maximum absolute atomic E-state index is 13.1. The summed E-state index contributed by atoms with van der Waals surface area (Å²) in [7, 11) is 1.56. The molecule has 0 amide bonds. The van der Waals surface area contributed by atoms with E-state index in [0.29, 0.717) is 0 Å². The van der Waals surface area contributed by atoms with Gasteiger partial charge >= 0.3 is 0 Å². The summed E-state index contributed by atoms with van der Waals surface area (Å²) in [5.41, 5.74) is -0.433. The van der Waals surface area contributed by atoms with Crippen molar-refractivity contribution in [1.82, 2.24) is 5.32 Å². The van der Waals surface area contributed by atoms with E-state index in [1.165, 1.54) is 0 Å². The van der Waals surface area contributed by atoms with Gasteiger partial charge in [-0.25, -0.2) is 8.78 Å². The largest absolute Gasteiger partial charge is 0.508 e. The van der Waals surface area contributed by atoms with Crippen molar-refractivity contribution in [2.45, 2.75) is 6.10 Å². The van der Waals surface area contributed by atoms with E-state index in [1.54, 1.807) is 7.05 Å². The fraction of sp³-hybridized carbons (Fsp3) is 0.333. The van der Waals surface area contributed by atoms with Crippen molar-refractivity contribution in [2.24, 2.45) is 0 Å². The molecule has 1 rings (SSSR count). The Morgan fingerprint density at radius 1 is 1.36 bits per heavy atom. The van der Waals surface area contributed by atoms with E-state index in [9.17, 15) is 13.9 Å². The molecule has 1 unspecified atom stereocenters. The number of hydrogen-bond donors (Lipinski definition) is 3. The quantitative estimate of drug-likeness (QED) is 0.684. The first-order valence-corrected chi connectivity index (χ1v) is 4.06. The summed E-state index contributed by atoms with van der Waals surface area (Å²) in [5.74, 6) is -2.41.